The Morgan fingerprint density at radius 1 is 0.895 bits per heavy atom. The molecule has 0 saturated carbocycles. The quantitative estimate of drug-likeness (QED) is 0.550. The first-order chi connectivity index (χ1) is 18.4. The number of hydrogen-bond acceptors (Lipinski definition) is 4. The first-order valence-corrected chi connectivity index (χ1v) is 13.0. The number of piperazine rings is 1. The Morgan fingerprint density at radius 3 is 2.11 bits per heavy atom. The smallest absolute Gasteiger partial charge is 0.333 e. The molecule has 0 spiro atoms. The molecule has 0 bridgehead atoms. The molecule has 196 valence electrons. The summed E-state index contributed by atoms with van der Waals surface area (Å²) in [4.78, 5) is 44.5. The van der Waals surface area contributed by atoms with Crippen molar-refractivity contribution in [2.45, 2.75) is 38.1 Å². The van der Waals surface area contributed by atoms with Gasteiger partial charge in [-0.2, -0.15) is 0 Å². The van der Waals surface area contributed by atoms with E-state index in [0.29, 0.717) is 13.0 Å². The van der Waals surface area contributed by atoms with E-state index in [-0.39, 0.29) is 37.0 Å². The van der Waals surface area contributed by atoms with Crippen molar-refractivity contribution in [1.82, 2.24) is 25.1 Å². The van der Waals surface area contributed by atoms with Gasteiger partial charge in [0.05, 0.1) is 19.1 Å². The second-order valence-corrected chi connectivity index (χ2v) is 9.87. The number of carbonyl (C=O) groups is 3. The van der Waals surface area contributed by atoms with Crippen LogP contribution in [0, 0.1) is 0 Å². The summed E-state index contributed by atoms with van der Waals surface area (Å²) in [6, 6.07) is 28.0. The van der Waals surface area contributed by atoms with Crippen molar-refractivity contribution in [1.29, 1.82) is 0 Å². The van der Waals surface area contributed by atoms with E-state index in [4.69, 9.17) is 0 Å². The third-order valence-corrected chi connectivity index (χ3v) is 7.40. The van der Waals surface area contributed by atoms with Gasteiger partial charge in [-0.05, 0) is 23.6 Å². The lowest BCUT2D eigenvalue weighted by Crippen LogP contribution is -2.76. The molecule has 3 aromatic carbocycles. The van der Waals surface area contributed by atoms with Crippen LogP contribution >= 0.6 is 0 Å². The topological polar surface area (TPSA) is 76.2 Å². The van der Waals surface area contributed by atoms with Crippen molar-refractivity contribution in [2.24, 2.45) is 0 Å². The molecule has 8 heteroatoms. The first kappa shape index (κ1) is 25.5. The van der Waals surface area contributed by atoms with Crippen molar-refractivity contribution >= 4 is 17.8 Å². The zero-order valence-corrected chi connectivity index (χ0v) is 21.7. The number of likely N-dealkylation sites (N-methyl/N-ethyl adjacent to an activating group) is 1. The van der Waals surface area contributed by atoms with E-state index in [1.165, 1.54) is 0 Å². The van der Waals surface area contributed by atoms with Crippen molar-refractivity contribution in [3.05, 3.63) is 108 Å². The SMILES string of the molecule is CC(c1ccccc1)N1CC2N(C(=O)CN(C)N2C(=O)NCc2ccccc2)C(Cc2ccccc2)C1=O. The Labute approximate surface area is 223 Å². The van der Waals surface area contributed by atoms with E-state index in [1.54, 1.807) is 22.0 Å². The molecule has 1 N–H and O–H groups in total. The number of amides is 4. The molecule has 3 aromatic rings. The Morgan fingerprint density at radius 2 is 1.47 bits per heavy atom. The largest absolute Gasteiger partial charge is 0.334 e. The molecule has 3 atom stereocenters. The van der Waals surface area contributed by atoms with E-state index in [9.17, 15) is 14.4 Å². The van der Waals surface area contributed by atoms with Crippen LogP contribution in [0.4, 0.5) is 4.79 Å². The summed E-state index contributed by atoms with van der Waals surface area (Å²) >= 11 is 0. The fourth-order valence-electron chi connectivity index (χ4n) is 5.42. The van der Waals surface area contributed by atoms with Crippen molar-refractivity contribution in [3.8, 4) is 0 Å². The molecule has 0 aliphatic carbocycles. The Kier molecular flexibility index (Phi) is 7.42. The predicted molar refractivity (Wildman–Crippen MR) is 144 cm³/mol. The van der Waals surface area contributed by atoms with Gasteiger partial charge in [-0.15, -0.1) is 0 Å². The summed E-state index contributed by atoms with van der Waals surface area (Å²) in [7, 11) is 1.74. The van der Waals surface area contributed by atoms with Crippen LogP contribution in [0.25, 0.3) is 0 Å². The minimum Gasteiger partial charge on any atom is -0.333 e. The molecular formula is C30H33N5O3. The normalized spacial score (nSPS) is 20.7. The molecule has 38 heavy (non-hydrogen) atoms. The van der Waals surface area contributed by atoms with Crippen LogP contribution < -0.4 is 5.32 Å². The lowest BCUT2D eigenvalue weighted by molar-refractivity contribution is -0.189. The third kappa shape index (κ3) is 5.13. The molecule has 2 fully saturated rings. The van der Waals surface area contributed by atoms with Gasteiger partial charge in [-0.25, -0.2) is 14.8 Å². The van der Waals surface area contributed by atoms with Gasteiger partial charge in [0, 0.05) is 20.0 Å². The van der Waals surface area contributed by atoms with E-state index in [1.807, 2.05) is 103 Å². The van der Waals surface area contributed by atoms with Gasteiger partial charge >= 0.3 is 6.03 Å². The van der Waals surface area contributed by atoms with Gasteiger partial charge in [-0.3, -0.25) is 9.59 Å². The molecule has 0 aromatic heterocycles. The van der Waals surface area contributed by atoms with Crippen LogP contribution in [0.3, 0.4) is 0 Å². The number of hydrogen-bond donors (Lipinski definition) is 1. The highest BCUT2D eigenvalue weighted by Gasteiger charge is 2.51. The molecular weight excluding hydrogens is 478 g/mol. The summed E-state index contributed by atoms with van der Waals surface area (Å²) in [5, 5.41) is 6.26. The molecule has 8 nitrogen and oxygen atoms in total. The van der Waals surface area contributed by atoms with Crippen LogP contribution in [-0.4, -0.2) is 70.0 Å². The number of fused-ring (bicyclic) bond motifs is 1. The Hall–Kier alpha value is -4.17. The number of carbonyl (C=O) groups excluding carboxylic acids is 3. The zero-order valence-electron chi connectivity index (χ0n) is 21.7. The van der Waals surface area contributed by atoms with Gasteiger partial charge in [0.1, 0.15) is 12.2 Å². The molecule has 2 aliphatic rings. The summed E-state index contributed by atoms with van der Waals surface area (Å²) in [6.45, 7) is 2.59. The van der Waals surface area contributed by atoms with E-state index < -0.39 is 12.2 Å². The fourth-order valence-corrected chi connectivity index (χ4v) is 5.42. The highest BCUT2D eigenvalue weighted by Crippen LogP contribution is 2.32. The van der Waals surface area contributed by atoms with Crippen molar-refractivity contribution in [2.75, 3.05) is 20.1 Å². The van der Waals surface area contributed by atoms with Crippen LogP contribution in [0.2, 0.25) is 0 Å². The average molecular weight is 512 g/mol. The predicted octanol–water partition coefficient (Wildman–Crippen LogP) is 3.43. The number of rotatable bonds is 6. The van der Waals surface area contributed by atoms with E-state index >= 15 is 0 Å². The molecule has 2 heterocycles. The molecule has 5 rings (SSSR count). The maximum Gasteiger partial charge on any atom is 0.334 e. The number of hydrazine groups is 1. The average Bonchev–Trinajstić information content (AvgIpc) is 2.94. The molecule has 0 radical (unpaired) electrons. The molecule has 4 amide bonds. The van der Waals surface area contributed by atoms with E-state index in [2.05, 4.69) is 5.32 Å². The van der Waals surface area contributed by atoms with E-state index in [0.717, 1.165) is 16.7 Å². The highest BCUT2D eigenvalue weighted by atomic mass is 16.2. The molecule has 2 saturated heterocycles. The Bertz CT molecular complexity index is 1270. The van der Waals surface area contributed by atoms with Crippen LogP contribution in [0.5, 0.6) is 0 Å². The van der Waals surface area contributed by atoms with Crippen LogP contribution in [-0.2, 0) is 22.6 Å². The Balaban J connectivity index is 1.48. The summed E-state index contributed by atoms with van der Waals surface area (Å²) in [5.41, 5.74) is 2.95. The van der Waals surface area contributed by atoms with Crippen molar-refractivity contribution in [3.63, 3.8) is 0 Å². The highest BCUT2D eigenvalue weighted by molar-refractivity contribution is 5.92. The van der Waals surface area contributed by atoms with Gasteiger partial charge in [0.2, 0.25) is 11.8 Å². The third-order valence-electron chi connectivity index (χ3n) is 7.40. The first-order valence-electron chi connectivity index (χ1n) is 13.0. The monoisotopic (exact) mass is 511 g/mol. The second kappa shape index (κ2) is 11.1. The van der Waals surface area contributed by atoms with Gasteiger partial charge in [0.15, 0.2) is 0 Å². The minimum atomic E-state index is -0.715. The van der Waals surface area contributed by atoms with Crippen LogP contribution in [0.1, 0.15) is 29.7 Å². The van der Waals surface area contributed by atoms with Crippen LogP contribution in [0.15, 0.2) is 91.0 Å². The zero-order chi connectivity index (χ0) is 26.6. The van der Waals surface area contributed by atoms with Gasteiger partial charge in [-0.1, -0.05) is 91.0 Å². The number of nitrogens with one attached hydrogen (secondary N) is 1. The van der Waals surface area contributed by atoms with Gasteiger partial charge < -0.3 is 15.1 Å². The summed E-state index contributed by atoms with van der Waals surface area (Å²) in [6.07, 6.45) is -0.252. The lowest BCUT2D eigenvalue weighted by Gasteiger charge is -2.55. The maximum atomic E-state index is 14.0. The number of urea groups is 1. The van der Waals surface area contributed by atoms with Gasteiger partial charge in [0.25, 0.3) is 0 Å². The fraction of sp³-hybridized carbons (Fsp3) is 0.300. The maximum absolute atomic E-state index is 14.0. The van der Waals surface area contributed by atoms with Crippen molar-refractivity contribution < 1.29 is 14.4 Å². The lowest BCUT2D eigenvalue weighted by atomic mass is 9.96. The molecule has 2 aliphatic heterocycles. The summed E-state index contributed by atoms with van der Waals surface area (Å²) < 4.78 is 0. The summed E-state index contributed by atoms with van der Waals surface area (Å²) in [5.74, 6) is -0.269. The minimum absolute atomic E-state index is 0.0159. The standard InChI is InChI=1S/C30H33N5O3/c1-22(25-16-10-5-11-17-25)33-20-27-34(26(29(33)37)18-23-12-6-3-7-13-23)28(36)21-32(2)35(27)30(38)31-19-24-14-8-4-9-15-24/h3-17,22,26-27H,18-21H2,1-2H3,(H,31,38). The number of benzene rings is 3. The molecule has 3 unspecified atom stereocenters. The second-order valence-electron chi connectivity index (χ2n) is 9.87. The number of nitrogens with zero attached hydrogens (tertiary/aromatic N) is 4.